The second-order valence-corrected chi connectivity index (χ2v) is 13.3. The second-order valence-electron chi connectivity index (χ2n) is 13.3. The van der Waals surface area contributed by atoms with E-state index < -0.39 is 76.4 Å². The van der Waals surface area contributed by atoms with Crippen molar-refractivity contribution in [3.05, 3.63) is 130 Å². The first kappa shape index (κ1) is 36.8. The molecule has 7 nitrogen and oxygen atoms in total. The molecule has 3 aliphatic rings. The van der Waals surface area contributed by atoms with E-state index in [0.29, 0.717) is 63.6 Å². The number of carbonyl (C=O) groups is 2. The van der Waals surface area contributed by atoms with Crippen molar-refractivity contribution in [1.29, 1.82) is 0 Å². The number of benzene rings is 3. The van der Waals surface area contributed by atoms with E-state index in [4.69, 9.17) is 9.47 Å². The molecule has 4 atom stereocenters. The fourth-order valence-electron chi connectivity index (χ4n) is 7.54. The number of carbonyl (C=O) groups excluding carboxylic acids is 2. The Morgan fingerprint density at radius 1 is 0.889 bits per heavy atom. The van der Waals surface area contributed by atoms with Crippen molar-refractivity contribution >= 4 is 29.2 Å². The van der Waals surface area contributed by atoms with Gasteiger partial charge in [-0.05, 0) is 102 Å². The summed E-state index contributed by atoms with van der Waals surface area (Å²) >= 11 is 0. The summed E-state index contributed by atoms with van der Waals surface area (Å²) in [5, 5.41) is 9.68. The Labute approximate surface area is 304 Å². The van der Waals surface area contributed by atoms with Crippen LogP contribution in [0.3, 0.4) is 0 Å². The summed E-state index contributed by atoms with van der Waals surface area (Å²) < 4.78 is 109. The minimum absolute atomic E-state index is 0.0160. The Bertz CT molecular complexity index is 2100. The lowest BCUT2D eigenvalue weighted by Gasteiger charge is -2.31. The molecule has 280 valence electrons. The zero-order valence-electron chi connectivity index (χ0n) is 28.2. The van der Waals surface area contributed by atoms with Crippen LogP contribution in [0.5, 0.6) is 11.5 Å². The lowest BCUT2D eigenvalue weighted by molar-refractivity contribution is -0.143. The van der Waals surface area contributed by atoms with Gasteiger partial charge in [0.2, 0.25) is 11.8 Å². The van der Waals surface area contributed by atoms with Gasteiger partial charge < -0.3 is 14.6 Å². The SMILES string of the molecule is O=C1[C@@H]2[C@@H](CC(COc3ccccc3)=C3[C@@H](CC/C(=C/c4ccc(O)c(F)c4)c4ccccn4)OC[C@@H]32)C(=O)N1c1cc(C(F)(F)F)cc(C(F)(F)F)c1. The molecule has 2 aliphatic heterocycles. The molecule has 1 aliphatic carbocycles. The molecule has 0 bridgehead atoms. The van der Waals surface area contributed by atoms with Crippen LogP contribution in [-0.2, 0) is 26.7 Å². The first-order valence-electron chi connectivity index (χ1n) is 17.0. The van der Waals surface area contributed by atoms with Crippen LogP contribution in [-0.4, -0.2) is 41.2 Å². The molecule has 0 unspecified atom stereocenters. The maximum Gasteiger partial charge on any atom is 0.416 e. The van der Waals surface area contributed by atoms with Gasteiger partial charge in [-0.15, -0.1) is 0 Å². The molecule has 54 heavy (non-hydrogen) atoms. The molecular formula is C40H31F7N2O5. The number of rotatable bonds is 9. The van der Waals surface area contributed by atoms with Gasteiger partial charge in [0.15, 0.2) is 11.6 Å². The number of phenolic OH excluding ortho intramolecular Hbond substituents is 1. The van der Waals surface area contributed by atoms with Gasteiger partial charge in [0.25, 0.3) is 0 Å². The third kappa shape index (κ3) is 7.34. The van der Waals surface area contributed by atoms with E-state index in [1.807, 2.05) is 0 Å². The van der Waals surface area contributed by atoms with Crippen LogP contribution in [0.25, 0.3) is 11.6 Å². The number of pyridine rings is 1. The number of ether oxygens (including phenoxy) is 2. The van der Waals surface area contributed by atoms with Crippen molar-refractivity contribution in [2.24, 2.45) is 17.8 Å². The Balaban J connectivity index is 1.23. The Hall–Kier alpha value is -5.50. The highest BCUT2D eigenvalue weighted by Crippen LogP contribution is 2.51. The van der Waals surface area contributed by atoms with Gasteiger partial charge in [-0.3, -0.25) is 14.6 Å². The maximum atomic E-state index is 14.2. The number of hydrogen-bond acceptors (Lipinski definition) is 6. The first-order chi connectivity index (χ1) is 25.7. The molecule has 14 heteroatoms. The summed E-state index contributed by atoms with van der Waals surface area (Å²) in [5.74, 6) is -5.51. The van der Waals surface area contributed by atoms with Gasteiger partial charge in [-0.25, -0.2) is 9.29 Å². The van der Waals surface area contributed by atoms with E-state index in [-0.39, 0.29) is 25.7 Å². The standard InChI is InChI=1S/C40H31F7N2O5/c41-31-15-22(9-11-33(31)50)14-23(32-8-4-5-13-48-32)10-12-34-35-24(20-53-28-6-2-1-3-7-28)16-29-36(30(35)21-54-34)38(52)49(37(29)51)27-18-25(39(42,43)44)17-26(19-27)40(45,46)47/h1-9,11,13-15,17-19,29-30,34,36,50H,10,12,16,20-21H2/b23-14-/t29-,30+,34-,36-/m1/s1. The van der Waals surface area contributed by atoms with Crippen LogP contribution >= 0.6 is 0 Å². The molecule has 7 rings (SSSR count). The molecule has 0 saturated carbocycles. The largest absolute Gasteiger partial charge is 0.505 e. The van der Waals surface area contributed by atoms with Crippen LogP contribution in [0.15, 0.2) is 102 Å². The molecule has 4 aromatic rings. The van der Waals surface area contributed by atoms with E-state index in [2.05, 4.69) is 4.98 Å². The van der Waals surface area contributed by atoms with Gasteiger partial charge in [0.05, 0.1) is 47.1 Å². The van der Waals surface area contributed by atoms with E-state index in [1.165, 1.54) is 12.1 Å². The molecule has 1 N–H and O–H groups in total. The van der Waals surface area contributed by atoms with Crippen molar-refractivity contribution in [3.8, 4) is 11.5 Å². The zero-order chi connectivity index (χ0) is 38.4. The number of aromatic nitrogens is 1. The maximum absolute atomic E-state index is 14.2. The van der Waals surface area contributed by atoms with Crippen molar-refractivity contribution in [2.75, 3.05) is 18.1 Å². The summed E-state index contributed by atoms with van der Waals surface area (Å²) in [5.41, 5.74) is -1.01. The van der Waals surface area contributed by atoms with Crippen molar-refractivity contribution in [1.82, 2.24) is 4.98 Å². The number of aromatic hydroxyl groups is 1. The molecule has 3 heterocycles. The Morgan fingerprint density at radius 2 is 1.59 bits per heavy atom. The van der Waals surface area contributed by atoms with Gasteiger partial charge in [-0.1, -0.05) is 30.3 Å². The predicted molar refractivity (Wildman–Crippen MR) is 182 cm³/mol. The fraction of sp³-hybridized carbons (Fsp3) is 0.275. The number of amides is 2. The van der Waals surface area contributed by atoms with Gasteiger partial charge in [0.1, 0.15) is 12.4 Å². The van der Waals surface area contributed by atoms with Crippen molar-refractivity contribution < 1.29 is 54.9 Å². The Morgan fingerprint density at radius 3 is 2.24 bits per heavy atom. The number of allylic oxidation sites excluding steroid dienone is 1. The highest BCUT2D eigenvalue weighted by molar-refractivity contribution is 6.22. The second kappa shape index (κ2) is 14.4. The fourth-order valence-corrected chi connectivity index (χ4v) is 7.54. The highest BCUT2D eigenvalue weighted by atomic mass is 19.4. The van der Waals surface area contributed by atoms with Gasteiger partial charge in [0, 0.05) is 12.1 Å². The molecule has 3 aromatic carbocycles. The third-order valence-electron chi connectivity index (χ3n) is 9.98. The van der Waals surface area contributed by atoms with E-state index >= 15 is 0 Å². The molecule has 1 aromatic heterocycles. The summed E-state index contributed by atoms with van der Waals surface area (Å²) in [6, 6.07) is 18.8. The predicted octanol–water partition coefficient (Wildman–Crippen LogP) is 8.88. The lowest BCUT2D eigenvalue weighted by atomic mass is 9.69. The number of anilines is 1. The average Bonchev–Trinajstić information content (AvgIpc) is 3.68. The summed E-state index contributed by atoms with van der Waals surface area (Å²) in [6.45, 7) is -0.0526. The van der Waals surface area contributed by atoms with Crippen molar-refractivity contribution in [3.63, 3.8) is 0 Å². The van der Waals surface area contributed by atoms with Gasteiger partial charge >= 0.3 is 12.4 Å². The summed E-state index contributed by atoms with van der Waals surface area (Å²) in [7, 11) is 0. The van der Waals surface area contributed by atoms with Gasteiger partial charge in [-0.2, -0.15) is 26.3 Å². The molecule has 0 radical (unpaired) electrons. The van der Waals surface area contributed by atoms with E-state index in [1.54, 1.807) is 66.9 Å². The minimum atomic E-state index is -5.18. The number of nitrogens with zero attached hydrogens (tertiary/aromatic N) is 2. The molecule has 2 saturated heterocycles. The smallest absolute Gasteiger partial charge is 0.416 e. The zero-order valence-corrected chi connectivity index (χ0v) is 28.2. The van der Waals surface area contributed by atoms with Crippen LogP contribution in [0, 0.1) is 23.6 Å². The summed E-state index contributed by atoms with van der Waals surface area (Å²) in [6.07, 6.45) is -7.03. The topological polar surface area (TPSA) is 89.0 Å². The number of halogens is 7. The molecular weight excluding hydrogens is 721 g/mol. The number of alkyl halides is 6. The molecule has 0 spiro atoms. The first-order valence-corrected chi connectivity index (χ1v) is 17.0. The van der Waals surface area contributed by atoms with Crippen LogP contribution < -0.4 is 9.64 Å². The third-order valence-corrected chi connectivity index (χ3v) is 9.98. The number of fused-ring (bicyclic) bond motifs is 3. The van der Waals surface area contributed by atoms with E-state index in [9.17, 15) is 45.4 Å². The number of imide groups is 1. The highest BCUT2D eigenvalue weighted by Gasteiger charge is 2.58. The number of phenols is 1. The van der Waals surface area contributed by atoms with Crippen molar-refractivity contribution in [2.45, 2.75) is 37.7 Å². The van der Waals surface area contributed by atoms with Crippen LogP contribution in [0.1, 0.15) is 41.6 Å². The average molecular weight is 753 g/mol. The lowest BCUT2D eigenvalue weighted by Crippen LogP contribution is -2.35. The minimum Gasteiger partial charge on any atom is -0.505 e. The number of para-hydroxylation sites is 1. The van der Waals surface area contributed by atoms with Crippen LogP contribution in [0.4, 0.5) is 36.4 Å². The normalized spacial score (nSPS) is 21.8. The van der Waals surface area contributed by atoms with E-state index in [0.717, 1.165) is 0 Å². The monoisotopic (exact) mass is 752 g/mol. The molecule has 2 fully saturated rings. The van der Waals surface area contributed by atoms with Crippen LogP contribution in [0.2, 0.25) is 0 Å². The summed E-state index contributed by atoms with van der Waals surface area (Å²) in [4.78, 5) is 32.9. The molecule has 2 amide bonds. The Kier molecular flexibility index (Phi) is 9.81. The quantitative estimate of drug-likeness (QED) is 0.104. The number of hydrogen-bond donors (Lipinski definition) is 1.